The predicted molar refractivity (Wildman–Crippen MR) is 47.8 cm³/mol. The van der Waals surface area contributed by atoms with Gasteiger partial charge in [0, 0.05) is 0 Å². The van der Waals surface area contributed by atoms with Crippen molar-refractivity contribution in [1.29, 1.82) is 0 Å². The molecule has 0 atom stereocenters. The fourth-order valence-electron chi connectivity index (χ4n) is 1.12. The summed E-state index contributed by atoms with van der Waals surface area (Å²) < 4.78 is 24.8. The molecule has 0 fully saturated rings. The van der Waals surface area contributed by atoms with E-state index in [-0.39, 0.29) is 5.02 Å². The van der Waals surface area contributed by atoms with Crippen molar-refractivity contribution in [2.24, 2.45) is 0 Å². The number of alkyl halides is 2. The van der Waals surface area contributed by atoms with Gasteiger partial charge in [0.05, 0.1) is 10.5 Å². The first-order valence-corrected chi connectivity index (χ1v) is 4.04. The van der Waals surface area contributed by atoms with Crippen LogP contribution in [0.1, 0.15) is 17.6 Å². The number of nitrogens with zero attached hydrogens (tertiary/aromatic N) is 1. The number of benzene rings is 1. The van der Waals surface area contributed by atoms with Crippen LogP contribution in [0, 0.1) is 17.0 Å². The summed E-state index contributed by atoms with van der Waals surface area (Å²) >= 11 is 5.50. The minimum Gasteiger partial charge on any atom is -0.258 e. The Bertz CT molecular complexity index is 382. The largest absolute Gasteiger partial charge is 0.296 e. The quantitative estimate of drug-likeness (QED) is 0.567. The van der Waals surface area contributed by atoms with Gasteiger partial charge >= 0.3 is 0 Å². The number of halogens is 3. The summed E-state index contributed by atoms with van der Waals surface area (Å²) in [5.41, 5.74) is -0.886. The summed E-state index contributed by atoms with van der Waals surface area (Å²) in [6, 6.07) is 2.35. The van der Waals surface area contributed by atoms with Gasteiger partial charge in [-0.3, -0.25) is 10.1 Å². The van der Waals surface area contributed by atoms with Crippen LogP contribution in [0.3, 0.4) is 0 Å². The first-order valence-electron chi connectivity index (χ1n) is 3.66. The van der Waals surface area contributed by atoms with E-state index >= 15 is 0 Å². The van der Waals surface area contributed by atoms with Crippen LogP contribution in [-0.4, -0.2) is 4.92 Å². The molecule has 6 heteroatoms. The van der Waals surface area contributed by atoms with Crippen LogP contribution in [0.5, 0.6) is 0 Å². The molecule has 0 saturated heterocycles. The summed E-state index contributed by atoms with van der Waals surface area (Å²) in [5, 5.41) is 10.2. The SMILES string of the molecule is Cc1cc(Cl)c([N+](=O)[O-])c(C(F)F)c1. The molecule has 0 aliphatic rings. The molecule has 0 aliphatic carbocycles. The van der Waals surface area contributed by atoms with Crippen LogP contribution in [0.2, 0.25) is 5.02 Å². The first kappa shape index (κ1) is 10.8. The molecule has 0 bridgehead atoms. The van der Waals surface area contributed by atoms with Gasteiger partial charge in [0.25, 0.3) is 12.1 Å². The minimum absolute atomic E-state index is 0.259. The fourth-order valence-corrected chi connectivity index (χ4v) is 1.47. The Morgan fingerprint density at radius 2 is 2.07 bits per heavy atom. The van der Waals surface area contributed by atoms with Gasteiger partial charge in [0.15, 0.2) is 0 Å². The molecule has 14 heavy (non-hydrogen) atoms. The number of nitro groups is 1. The van der Waals surface area contributed by atoms with Crippen LogP contribution in [0.15, 0.2) is 12.1 Å². The molecule has 0 heterocycles. The second kappa shape index (κ2) is 3.88. The number of nitro benzene ring substituents is 1. The Labute approximate surface area is 83.4 Å². The zero-order valence-electron chi connectivity index (χ0n) is 7.13. The molecule has 1 rings (SSSR count). The maximum Gasteiger partial charge on any atom is 0.296 e. The highest BCUT2D eigenvalue weighted by atomic mass is 35.5. The van der Waals surface area contributed by atoms with Gasteiger partial charge in [-0.15, -0.1) is 0 Å². The Morgan fingerprint density at radius 3 is 2.50 bits per heavy atom. The molecule has 1 aromatic carbocycles. The molecule has 1 aromatic rings. The average molecular weight is 222 g/mol. The van der Waals surface area contributed by atoms with E-state index in [0.717, 1.165) is 6.07 Å². The summed E-state index contributed by atoms with van der Waals surface area (Å²) in [5.74, 6) is 0. The zero-order valence-corrected chi connectivity index (χ0v) is 7.89. The van der Waals surface area contributed by atoms with Gasteiger partial charge in [-0.05, 0) is 24.6 Å². The highest BCUT2D eigenvalue weighted by Gasteiger charge is 2.25. The van der Waals surface area contributed by atoms with E-state index in [0.29, 0.717) is 5.56 Å². The van der Waals surface area contributed by atoms with Crippen molar-refractivity contribution >= 4 is 17.3 Å². The lowest BCUT2D eigenvalue weighted by Crippen LogP contribution is -1.97. The van der Waals surface area contributed by atoms with Crippen LogP contribution in [-0.2, 0) is 0 Å². The van der Waals surface area contributed by atoms with Crippen LogP contribution < -0.4 is 0 Å². The fraction of sp³-hybridized carbons (Fsp3) is 0.250. The molecule has 0 radical (unpaired) electrons. The topological polar surface area (TPSA) is 43.1 Å². The lowest BCUT2D eigenvalue weighted by molar-refractivity contribution is -0.386. The Morgan fingerprint density at radius 1 is 1.50 bits per heavy atom. The maximum atomic E-state index is 12.4. The molecule has 0 amide bonds. The first-order chi connectivity index (χ1) is 6.43. The van der Waals surface area contributed by atoms with E-state index in [1.54, 1.807) is 6.92 Å². The summed E-state index contributed by atoms with van der Waals surface area (Å²) in [4.78, 5) is 9.55. The van der Waals surface area contributed by atoms with Crippen LogP contribution in [0.25, 0.3) is 0 Å². The molecular weight excluding hydrogens is 216 g/mol. The third kappa shape index (κ3) is 1.98. The van der Waals surface area contributed by atoms with E-state index in [1.165, 1.54) is 6.07 Å². The molecule has 0 N–H and O–H groups in total. The molecular formula is C8H6ClF2NO2. The van der Waals surface area contributed by atoms with Crippen molar-refractivity contribution in [2.75, 3.05) is 0 Å². The van der Waals surface area contributed by atoms with Crippen molar-refractivity contribution in [3.8, 4) is 0 Å². The van der Waals surface area contributed by atoms with Gasteiger partial charge in [0.1, 0.15) is 5.02 Å². The maximum absolute atomic E-state index is 12.4. The second-order valence-corrected chi connectivity index (χ2v) is 3.15. The third-order valence-corrected chi connectivity index (χ3v) is 1.94. The smallest absolute Gasteiger partial charge is 0.258 e. The van der Waals surface area contributed by atoms with E-state index in [2.05, 4.69) is 0 Å². The van der Waals surface area contributed by atoms with E-state index < -0.39 is 22.6 Å². The van der Waals surface area contributed by atoms with E-state index in [9.17, 15) is 18.9 Å². The minimum atomic E-state index is -2.90. The lowest BCUT2D eigenvalue weighted by atomic mass is 10.1. The summed E-state index contributed by atoms with van der Waals surface area (Å²) in [6.07, 6.45) is -2.90. The van der Waals surface area contributed by atoms with Gasteiger partial charge in [-0.2, -0.15) is 0 Å². The van der Waals surface area contributed by atoms with Gasteiger partial charge < -0.3 is 0 Å². The zero-order chi connectivity index (χ0) is 10.9. The Balaban J connectivity index is 3.44. The molecule has 0 aromatic heterocycles. The molecule has 76 valence electrons. The summed E-state index contributed by atoms with van der Waals surface area (Å²) in [7, 11) is 0. The summed E-state index contributed by atoms with van der Waals surface area (Å²) in [6.45, 7) is 1.54. The van der Waals surface area contributed by atoms with Crippen molar-refractivity contribution in [2.45, 2.75) is 13.3 Å². The van der Waals surface area contributed by atoms with Crippen molar-refractivity contribution in [3.63, 3.8) is 0 Å². The number of hydrogen-bond acceptors (Lipinski definition) is 2. The number of hydrogen-bond donors (Lipinski definition) is 0. The van der Waals surface area contributed by atoms with Crippen LogP contribution >= 0.6 is 11.6 Å². The molecule has 0 unspecified atom stereocenters. The molecule has 3 nitrogen and oxygen atoms in total. The molecule has 0 saturated carbocycles. The highest BCUT2D eigenvalue weighted by molar-refractivity contribution is 6.32. The molecule has 0 aliphatic heterocycles. The van der Waals surface area contributed by atoms with Gasteiger partial charge in [-0.1, -0.05) is 11.6 Å². The second-order valence-electron chi connectivity index (χ2n) is 2.74. The normalized spacial score (nSPS) is 10.6. The number of aryl methyl sites for hydroxylation is 1. The standard InChI is InChI=1S/C8H6ClF2NO2/c1-4-2-5(8(10)11)7(12(13)14)6(9)3-4/h2-3,8H,1H3. The molecule has 0 spiro atoms. The monoisotopic (exact) mass is 221 g/mol. The van der Waals surface area contributed by atoms with Crippen molar-refractivity contribution in [1.82, 2.24) is 0 Å². The Kier molecular flexibility index (Phi) is 3.00. The predicted octanol–water partition coefficient (Wildman–Crippen LogP) is 3.49. The van der Waals surface area contributed by atoms with Gasteiger partial charge in [-0.25, -0.2) is 8.78 Å². The van der Waals surface area contributed by atoms with Crippen LogP contribution in [0.4, 0.5) is 14.5 Å². The van der Waals surface area contributed by atoms with Gasteiger partial charge in [0.2, 0.25) is 0 Å². The van der Waals surface area contributed by atoms with E-state index in [1.807, 2.05) is 0 Å². The lowest BCUT2D eigenvalue weighted by Gasteiger charge is -2.04. The number of rotatable bonds is 2. The highest BCUT2D eigenvalue weighted by Crippen LogP contribution is 2.35. The average Bonchev–Trinajstić information content (AvgIpc) is 2.01. The third-order valence-electron chi connectivity index (χ3n) is 1.65. The Hall–Kier alpha value is -1.23. The van der Waals surface area contributed by atoms with E-state index in [4.69, 9.17) is 11.6 Å². The van der Waals surface area contributed by atoms with Crippen molar-refractivity contribution in [3.05, 3.63) is 38.4 Å². The van der Waals surface area contributed by atoms with Crippen molar-refractivity contribution < 1.29 is 13.7 Å².